The summed E-state index contributed by atoms with van der Waals surface area (Å²) in [5.41, 5.74) is 1.97. The molecule has 3 nitrogen and oxygen atoms in total. The van der Waals surface area contributed by atoms with Crippen LogP contribution in [0.25, 0.3) is 22.4 Å². The highest BCUT2D eigenvalue weighted by molar-refractivity contribution is 5.95. The molecule has 2 aliphatic rings. The van der Waals surface area contributed by atoms with Gasteiger partial charge in [0.25, 0.3) is 5.89 Å². The maximum atomic E-state index is 5.04. The van der Waals surface area contributed by atoms with Crippen molar-refractivity contribution < 1.29 is 4.52 Å². The molecule has 0 saturated heterocycles. The summed E-state index contributed by atoms with van der Waals surface area (Å²) in [5, 5.41) is 4.79. The van der Waals surface area contributed by atoms with Crippen molar-refractivity contribution in [3.05, 3.63) is 36.5 Å². The first kappa shape index (κ1) is 6.60. The summed E-state index contributed by atoms with van der Waals surface area (Å²) < 4.78 is 5.04. The number of fused-ring (bicyclic) bond motifs is 3. The van der Waals surface area contributed by atoms with Gasteiger partial charge in [-0.1, -0.05) is 23.4 Å². The maximum Gasteiger partial charge on any atom is 0.257 e. The Morgan fingerprint density at radius 2 is 2.00 bits per heavy atom. The lowest BCUT2D eigenvalue weighted by Crippen LogP contribution is -1.76. The summed E-state index contributed by atoms with van der Waals surface area (Å²) in [6.07, 6.45) is 1.64. The van der Waals surface area contributed by atoms with Crippen LogP contribution in [0, 0.1) is 0 Å². The number of benzene rings is 1. The lowest BCUT2D eigenvalue weighted by atomic mass is 10.2. The Bertz CT molecular complexity index is 529. The van der Waals surface area contributed by atoms with Gasteiger partial charge in [-0.25, -0.2) is 4.98 Å². The van der Waals surface area contributed by atoms with E-state index in [9.17, 15) is 0 Å². The number of para-hydroxylation sites is 1. The molecule has 3 rings (SSSR count). The zero-order valence-corrected chi connectivity index (χ0v) is 6.77. The summed E-state index contributed by atoms with van der Waals surface area (Å²) in [6.45, 7) is 0. The minimum atomic E-state index is 0.601. The average Bonchev–Trinajstić information content (AvgIpc) is 2.56. The van der Waals surface area contributed by atoms with Crippen LogP contribution in [0.4, 0.5) is 0 Å². The van der Waals surface area contributed by atoms with Gasteiger partial charge < -0.3 is 4.52 Å². The normalized spacial score (nSPS) is 11.1. The van der Waals surface area contributed by atoms with Crippen molar-refractivity contribution in [1.29, 1.82) is 0 Å². The molecule has 0 saturated carbocycles. The summed E-state index contributed by atoms with van der Waals surface area (Å²) in [4.78, 5) is 4.29. The second kappa shape index (κ2) is 2.29. The van der Waals surface area contributed by atoms with E-state index in [0.29, 0.717) is 5.89 Å². The molecule has 13 heavy (non-hydrogen) atoms. The van der Waals surface area contributed by atoms with Crippen LogP contribution in [0.5, 0.6) is 0 Å². The van der Waals surface area contributed by atoms with Gasteiger partial charge in [-0.05, 0) is 12.1 Å². The molecule has 0 radical (unpaired) electrons. The summed E-state index contributed by atoms with van der Waals surface area (Å²) in [6, 6.07) is 9.85. The third-order valence-corrected chi connectivity index (χ3v) is 2.09. The lowest BCUT2D eigenvalue weighted by Gasteiger charge is -1.91. The Morgan fingerprint density at radius 1 is 1.08 bits per heavy atom. The Hall–Kier alpha value is -1.90. The van der Waals surface area contributed by atoms with E-state index in [-0.39, 0.29) is 0 Å². The van der Waals surface area contributed by atoms with Gasteiger partial charge in [-0.3, -0.25) is 0 Å². The Kier molecular flexibility index (Phi) is 1.16. The maximum absolute atomic E-state index is 5.04. The van der Waals surface area contributed by atoms with Gasteiger partial charge >= 0.3 is 0 Å². The Morgan fingerprint density at radius 3 is 3.00 bits per heavy atom. The zero-order chi connectivity index (χ0) is 8.67. The third-order valence-electron chi connectivity index (χ3n) is 2.09. The monoisotopic (exact) mass is 170 g/mol. The van der Waals surface area contributed by atoms with E-state index in [1.807, 2.05) is 30.3 Å². The highest BCUT2D eigenvalue weighted by Gasteiger charge is 2.12. The summed E-state index contributed by atoms with van der Waals surface area (Å²) >= 11 is 0. The minimum Gasteiger partial charge on any atom is -0.336 e. The zero-order valence-electron chi connectivity index (χ0n) is 6.77. The lowest BCUT2D eigenvalue weighted by molar-refractivity contribution is 0.404. The first-order valence-electron chi connectivity index (χ1n) is 4.04. The quantitative estimate of drug-likeness (QED) is 0.519. The van der Waals surface area contributed by atoms with Crippen LogP contribution in [-0.2, 0) is 0 Å². The standard InChI is InChI=1S/C10H6N2O/c1-2-4-9-7(3-1)8-5-6-11-13-10(8)12-9/h1-6H. The van der Waals surface area contributed by atoms with Gasteiger partial charge in [0.1, 0.15) is 0 Å². The first-order chi connectivity index (χ1) is 6.45. The molecule has 0 amide bonds. The average molecular weight is 170 g/mol. The third kappa shape index (κ3) is 0.839. The fraction of sp³-hybridized carbons (Fsp3) is 0. The number of aromatic nitrogens is 2. The molecule has 62 valence electrons. The molecule has 0 fully saturated rings. The molecular weight excluding hydrogens is 164 g/mol. The van der Waals surface area contributed by atoms with E-state index in [4.69, 9.17) is 4.52 Å². The van der Waals surface area contributed by atoms with Crippen molar-refractivity contribution in [3.8, 4) is 11.5 Å². The van der Waals surface area contributed by atoms with Gasteiger partial charge in [0, 0.05) is 5.39 Å². The van der Waals surface area contributed by atoms with Gasteiger partial charge in [0.05, 0.1) is 17.3 Å². The fourth-order valence-corrected chi connectivity index (χ4v) is 1.50. The highest BCUT2D eigenvalue weighted by atomic mass is 16.5. The number of rotatable bonds is 0. The van der Waals surface area contributed by atoms with Crippen LogP contribution in [0.1, 0.15) is 0 Å². The molecule has 0 spiro atoms. The molecule has 0 N–H and O–H groups in total. The molecule has 0 unspecified atom stereocenters. The predicted molar refractivity (Wildman–Crippen MR) is 48.4 cm³/mol. The molecular formula is C10H6N2O. The SMILES string of the molecule is c1ccc2c3ccnoc-3nc2c1. The van der Waals surface area contributed by atoms with Crippen LogP contribution in [0.3, 0.4) is 0 Å². The van der Waals surface area contributed by atoms with E-state index in [1.165, 1.54) is 0 Å². The Balaban J connectivity index is 2.56. The van der Waals surface area contributed by atoms with E-state index in [2.05, 4.69) is 10.1 Å². The van der Waals surface area contributed by atoms with Crippen LogP contribution in [0.15, 0.2) is 41.1 Å². The molecule has 0 bridgehead atoms. The molecule has 1 aromatic rings. The largest absolute Gasteiger partial charge is 0.336 e. The topological polar surface area (TPSA) is 38.9 Å². The van der Waals surface area contributed by atoms with Crippen molar-refractivity contribution in [2.75, 3.05) is 0 Å². The molecule has 3 heteroatoms. The van der Waals surface area contributed by atoms with E-state index >= 15 is 0 Å². The highest BCUT2D eigenvalue weighted by Crippen LogP contribution is 2.29. The summed E-state index contributed by atoms with van der Waals surface area (Å²) in [7, 11) is 0. The second-order valence-electron chi connectivity index (χ2n) is 2.86. The van der Waals surface area contributed by atoms with Crippen molar-refractivity contribution in [1.82, 2.24) is 10.1 Å². The second-order valence-corrected chi connectivity index (χ2v) is 2.86. The number of nitrogens with zero attached hydrogens (tertiary/aromatic N) is 2. The van der Waals surface area contributed by atoms with Crippen molar-refractivity contribution >= 4 is 10.9 Å². The van der Waals surface area contributed by atoms with Gasteiger partial charge in [0.15, 0.2) is 0 Å². The van der Waals surface area contributed by atoms with E-state index < -0.39 is 0 Å². The van der Waals surface area contributed by atoms with Crippen molar-refractivity contribution in [2.24, 2.45) is 0 Å². The van der Waals surface area contributed by atoms with E-state index in [0.717, 1.165) is 16.5 Å². The molecule has 0 aliphatic carbocycles. The van der Waals surface area contributed by atoms with Crippen molar-refractivity contribution in [3.63, 3.8) is 0 Å². The van der Waals surface area contributed by atoms with Crippen molar-refractivity contribution in [2.45, 2.75) is 0 Å². The Labute approximate surface area is 74.3 Å². The van der Waals surface area contributed by atoms with Gasteiger partial charge in [-0.15, -0.1) is 0 Å². The smallest absolute Gasteiger partial charge is 0.257 e. The summed E-state index contributed by atoms with van der Waals surface area (Å²) in [5.74, 6) is 0.601. The fourth-order valence-electron chi connectivity index (χ4n) is 1.50. The van der Waals surface area contributed by atoms with Crippen LogP contribution >= 0.6 is 0 Å². The van der Waals surface area contributed by atoms with Crippen LogP contribution in [0.2, 0.25) is 0 Å². The van der Waals surface area contributed by atoms with E-state index in [1.54, 1.807) is 6.20 Å². The van der Waals surface area contributed by atoms with Gasteiger partial charge in [-0.2, -0.15) is 0 Å². The molecule has 1 aromatic carbocycles. The molecule has 2 heterocycles. The first-order valence-corrected chi connectivity index (χ1v) is 4.04. The predicted octanol–water partition coefficient (Wildman–Crippen LogP) is 2.33. The number of hydrogen-bond donors (Lipinski definition) is 0. The number of hydrogen-bond acceptors (Lipinski definition) is 3. The molecule has 0 aromatic heterocycles. The molecule has 2 aliphatic heterocycles. The minimum absolute atomic E-state index is 0.601. The van der Waals surface area contributed by atoms with Gasteiger partial charge in [0.2, 0.25) is 0 Å². The van der Waals surface area contributed by atoms with Crippen LogP contribution < -0.4 is 0 Å². The van der Waals surface area contributed by atoms with Crippen LogP contribution in [-0.4, -0.2) is 10.1 Å². The molecule has 0 atom stereocenters.